The van der Waals surface area contributed by atoms with Gasteiger partial charge in [0.05, 0.1) is 24.6 Å². The Balaban J connectivity index is 1.43. The minimum absolute atomic E-state index is 0.00141. The van der Waals surface area contributed by atoms with Crippen molar-refractivity contribution in [1.82, 2.24) is 10.2 Å². The van der Waals surface area contributed by atoms with Crippen molar-refractivity contribution in [2.75, 3.05) is 25.1 Å². The van der Waals surface area contributed by atoms with Gasteiger partial charge >= 0.3 is 5.97 Å². The zero-order valence-electron chi connectivity index (χ0n) is 30.4. The van der Waals surface area contributed by atoms with Gasteiger partial charge < -0.3 is 25.2 Å². The quantitative estimate of drug-likeness (QED) is 0.102. The van der Waals surface area contributed by atoms with Crippen LogP contribution in [0.3, 0.4) is 0 Å². The molecule has 3 aliphatic heterocycles. The maximum atomic E-state index is 15.3. The van der Waals surface area contributed by atoms with Crippen molar-refractivity contribution in [3.8, 4) is 17.6 Å². The van der Waals surface area contributed by atoms with E-state index in [0.29, 0.717) is 28.1 Å². The van der Waals surface area contributed by atoms with E-state index < -0.39 is 53.3 Å². The summed E-state index contributed by atoms with van der Waals surface area (Å²) in [6.45, 7) is 3.70. The van der Waals surface area contributed by atoms with E-state index in [1.807, 2.05) is 102 Å². The fourth-order valence-corrected chi connectivity index (χ4v) is 9.02. The van der Waals surface area contributed by atoms with E-state index in [-0.39, 0.29) is 19.8 Å². The number of ether oxygens (including phenoxy) is 2. The summed E-state index contributed by atoms with van der Waals surface area (Å²) in [6, 6.07) is 29.5. The smallest absolute Gasteiger partial charge is 0.324 e. The average Bonchev–Trinajstić information content (AvgIpc) is 3.70. The number of rotatable bonds is 9. The molecule has 9 heteroatoms. The van der Waals surface area contributed by atoms with Crippen molar-refractivity contribution in [3.05, 3.63) is 155 Å². The number of cyclic esters (lactones) is 1. The Labute approximate surface area is 321 Å². The summed E-state index contributed by atoms with van der Waals surface area (Å²) in [4.78, 5) is 47.1. The van der Waals surface area contributed by atoms with Crippen LogP contribution in [-0.2, 0) is 24.5 Å². The molecule has 278 valence electrons. The summed E-state index contributed by atoms with van der Waals surface area (Å²) < 4.78 is 12.7. The van der Waals surface area contributed by atoms with Crippen LogP contribution in [0.2, 0.25) is 0 Å². The molecule has 2 saturated heterocycles. The van der Waals surface area contributed by atoms with Crippen LogP contribution in [0.4, 0.5) is 5.69 Å². The number of hydrogen-bond acceptors (Lipinski definition) is 7. The van der Waals surface area contributed by atoms with E-state index in [2.05, 4.69) is 35.1 Å². The Hall–Kier alpha value is -5.95. The molecule has 3 heterocycles. The number of morpholine rings is 1. The highest BCUT2D eigenvalue weighted by Gasteiger charge is 2.74. The highest BCUT2D eigenvalue weighted by molar-refractivity contribution is 6.12. The van der Waals surface area contributed by atoms with E-state index in [4.69, 9.17) is 9.47 Å². The van der Waals surface area contributed by atoms with E-state index in [1.165, 1.54) is 0 Å². The molecule has 6 atom stereocenters. The molecule has 0 bridgehead atoms. The largest absolute Gasteiger partial charge is 0.491 e. The number of benzene rings is 4. The molecule has 0 saturated carbocycles. The summed E-state index contributed by atoms with van der Waals surface area (Å²) >= 11 is 0. The van der Waals surface area contributed by atoms with Gasteiger partial charge in [-0.2, -0.15) is 0 Å². The molecular formula is C46H43N3O6. The summed E-state index contributed by atoms with van der Waals surface area (Å²) in [7, 11) is 0. The number of nitrogens with one attached hydrogen (secondary N) is 2. The lowest BCUT2D eigenvalue weighted by molar-refractivity contribution is -0.178. The van der Waals surface area contributed by atoms with Gasteiger partial charge in [0.15, 0.2) is 0 Å². The molecule has 2 fully saturated rings. The van der Waals surface area contributed by atoms with E-state index >= 15 is 4.79 Å². The van der Waals surface area contributed by atoms with Gasteiger partial charge in [0.1, 0.15) is 29.9 Å². The standard InChI is InChI=1S/C46H43N3O6/c1-2-26-47-43(51)38-40-44(52)55-41(33-18-10-5-11-19-33)39(32-16-8-4-9-17-32)49(40)42(34-20-12-13-21-37(34)54-28-27-50)46(38)35-29-31(24-25-36(35)48-45(46)53)23-22-30-14-6-3-7-15-30/h2,4-5,8-14,16-21,24-25,29,38-42,50H,1,3,6-7,15,26-28H2,(H,47,51)(H,48,53)/t38-,39-,40-,41+,42+,46-/m1/s1. The molecule has 4 aliphatic rings. The highest BCUT2D eigenvalue weighted by Crippen LogP contribution is 2.65. The second kappa shape index (κ2) is 15.4. The fourth-order valence-electron chi connectivity index (χ4n) is 9.02. The third kappa shape index (κ3) is 6.31. The van der Waals surface area contributed by atoms with Crippen molar-refractivity contribution in [3.63, 3.8) is 0 Å². The first-order valence-corrected chi connectivity index (χ1v) is 18.9. The molecule has 2 amide bonds. The van der Waals surface area contributed by atoms with Crippen LogP contribution >= 0.6 is 0 Å². The van der Waals surface area contributed by atoms with Gasteiger partial charge in [-0.05, 0) is 72.2 Å². The predicted octanol–water partition coefficient (Wildman–Crippen LogP) is 6.48. The average molecular weight is 734 g/mol. The number of esters is 1. The number of fused-ring (bicyclic) bond motifs is 3. The van der Waals surface area contributed by atoms with Crippen molar-refractivity contribution in [2.45, 2.75) is 55.3 Å². The van der Waals surface area contributed by atoms with Crippen LogP contribution in [0.5, 0.6) is 5.75 Å². The van der Waals surface area contributed by atoms with Crippen LogP contribution in [0.1, 0.15) is 71.7 Å². The van der Waals surface area contributed by atoms with Gasteiger partial charge in [0, 0.05) is 23.4 Å². The Morgan fingerprint density at radius 3 is 2.44 bits per heavy atom. The maximum absolute atomic E-state index is 15.3. The molecule has 55 heavy (non-hydrogen) atoms. The summed E-state index contributed by atoms with van der Waals surface area (Å²) in [5.74, 6) is 4.34. The molecular weight excluding hydrogens is 691 g/mol. The van der Waals surface area contributed by atoms with Crippen LogP contribution in [0, 0.1) is 17.8 Å². The predicted molar refractivity (Wildman–Crippen MR) is 209 cm³/mol. The molecule has 1 spiro atoms. The molecule has 9 nitrogen and oxygen atoms in total. The maximum Gasteiger partial charge on any atom is 0.324 e. The number of hydrogen-bond donors (Lipinski definition) is 3. The fraction of sp³-hybridized carbons (Fsp3) is 0.283. The molecule has 4 aromatic carbocycles. The SMILES string of the molecule is C=CCNC(=O)[C@H]1[C@@H]2C(=O)O[C@@H](c3ccccc3)[C@@H](c3ccccc3)N2[C@@H](c2ccccc2OCCO)[C@]12C(=O)Nc1ccc(C#CC3=CCCCC3)cc12. The van der Waals surface area contributed by atoms with Gasteiger partial charge in [-0.15, -0.1) is 6.58 Å². The summed E-state index contributed by atoms with van der Waals surface area (Å²) in [5, 5.41) is 16.0. The number of nitrogens with zero attached hydrogens (tertiary/aromatic N) is 1. The lowest BCUT2D eigenvalue weighted by Crippen LogP contribution is -2.54. The minimum atomic E-state index is -1.68. The van der Waals surface area contributed by atoms with Crippen molar-refractivity contribution in [2.24, 2.45) is 5.92 Å². The third-order valence-corrected chi connectivity index (χ3v) is 11.2. The molecule has 8 rings (SSSR count). The van der Waals surface area contributed by atoms with Gasteiger partial charge in [0.2, 0.25) is 11.8 Å². The van der Waals surface area contributed by atoms with E-state index in [1.54, 1.807) is 12.1 Å². The van der Waals surface area contributed by atoms with Crippen LogP contribution < -0.4 is 15.4 Å². The second-order valence-electron chi connectivity index (χ2n) is 14.3. The van der Waals surface area contributed by atoms with Gasteiger partial charge in [-0.25, -0.2) is 0 Å². The molecule has 0 aromatic heterocycles. The zero-order chi connectivity index (χ0) is 37.9. The monoisotopic (exact) mass is 733 g/mol. The molecule has 3 N–H and O–H groups in total. The second-order valence-corrected chi connectivity index (χ2v) is 14.3. The molecule has 4 aromatic rings. The number of carbonyl (C=O) groups is 3. The third-order valence-electron chi connectivity index (χ3n) is 11.2. The van der Waals surface area contributed by atoms with Crippen molar-refractivity contribution < 1.29 is 29.0 Å². The topological polar surface area (TPSA) is 117 Å². The van der Waals surface area contributed by atoms with E-state index in [0.717, 1.165) is 42.4 Å². The number of para-hydroxylation sites is 1. The number of carbonyl (C=O) groups excluding carboxylic acids is 3. The van der Waals surface area contributed by atoms with Crippen molar-refractivity contribution >= 4 is 23.5 Å². The highest BCUT2D eigenvalue weighted by atomic mass is 16.6. The first-order chi connectivity index (χ1) is 27.0. The van der Waals surface area contributed by atoms with Crippen LogP contribution in [-0.4, -0.2) is 53.6 Å². The van der Waals surface area contributed by atoms with Crippen LogP contribution in [0.25, 0.3) is 0 Å². The minimum Gasteiger partial charge on any atom is -0.491 e. The first kappa shape index (κ1) is 36.0. The van der Waals surface area contributed by atoms with E-state index in [9.17, 15) is 14.7 Å². The lowest BCUT2D eigenvalue weighted by Gasteiger charge is -2.46. The summed E-state index contributed by atoms with van der Waals surface area (Å²) in [5.41, 5.74) is 3.40. The Kier molecular flexibility index (Phi) is 10.1. The Morgan fingerprint density at radius 1 is 0.964 bits per heavy atom. The zero-order valence-corrected chi connectivity index (χ0v) is 30.4. The molecule has 0 unspecified atom stereocenters. The Morgan fingerprint density at radius 2 is 1.71 bits per heavy atom. The van der Waals surface area contributed by atoms with Gasteiger partial charge in [-0.1, -0.05) is 103 Å². The van der Waals surface area contributed by atoms with Crippen molar-refractivity contribution in [1.29, 1.82) is 0 Å². The van der Waals surface area contributed by atoms with Gasteiger partial charge in [-0.3, -0.25) is 19.3 Å². The normalized spacial score (nSPS) is 25.4. The number of aliphatic hydroxyl groups is 1. The number of anilines is 1. The van der Waals surface area contributed by atoms with Gasteiger partial charge in [0.25, 0.3) is 0 Å². The number of amides is 2. The number of aliphatic hydroxyl groups excluding tert-OH is 1. The first-order valence-electron chi connectivity index (χ1n) is 18.9. The Bertz CT molecular complexity index is 2210. The lowest BCUT2D eigenvalue weighted by atomic mass is 9.65. The molecule has 1 aliphatic carbocycles. The van der Waals surface area contributed by atoms with Crippen LogP contribution in [0.15, 0.2) is 127 Å². The number of allylic oxidation sites excluding steroid dienone is 2. The molecule has 0 radical (unpaired) electrons. The summed E-state index contributed by atoms with van der Waals surface area (Å²) in [6.07, 6.45) is 7.11.